The zero-order valence-electron chi connectivity index (χ0n) is 9.74. The molecule has 1 aromatic carbocycles. The van der Waals surface area contributed by atoms with Crippen LogP contribution in [0.5, 0.6) is 5.75 Å². The summed E-state index contributed by atoms with van der Waals surface area (Å²) in [7, 11) is 0. The number of benzene rings is 1. The first-order valence-electron chi connectivity index (χ1n) is 5.13. The highest BCUT2D eigenvalue weighted by Gasteiger charge is 2.28. The number of hydrogen-bond donors (Lipinski definition) is 2. The van der Waals surface area contributed by atoms with Crippen molar-refractivity contribution in [2.75, 3.05) is 6.61 Å². The lowest BCUT2D eigenvalue weighted by atomic mass is 9.95. The van der Waals surface area contributed by atoms with Crippen LogP contribution in [-0.2, 0) is 11.4 Å². The molecule has 0 bridgehead atoms. The first-order chi connectivity index (χ1) is 7.88. The Morgan fingerprint density at radius 1 is 1.47 bits per heavy atom. The van der Waals surface area contributed by atoms with Crippen molar-refractivity contribution in [2.24, 2.45) is 5.41 Å². The van der Waals surface area contributed by atoms with Crippen LogP contribution in [0.25, 0.3) is 0 Å². The predicted molar refractivity (Wildman–Crippen MR) is 59.2 cm³/mol. The van der Waals surface area contributed by atoms with Gasteiger partial charge in [-0.15, -0.1) is 0 Å². The molecule has 0 aromatic heterocycles. The summed E-state index contributed by atoms with van der Waals surface area (Å²) >= 11 is 0. The molecule has 0 unspecified atom stereocenters. The molecule has 0 fully saturated rings. The van der Waals surface area contributed by atoms with Crippen LogP contribution in [0.3, 0.4) is 0 Å². The van der Waals surface area contributed by atoms with E-state index in [1.807, 2.05) is 0 Å². The van der Waals surface area contributed by atoms with E-state index in [1.54, 1.807) is 0 Å². The lowest BCUT2D eigenvalue weighted by Gasteiger charge is -2.20. The molecule has 0 heterocycles. The largest absolute Gasteiger partial charge is 0.489 e. The summed E-state index contributed by atoms with van der Waals surface area (Å²) in [6.07, 6.45) is 0. The summed E-state index contributed by atoms with van der Waals surface area (Å²) in [5.41, 5.74) is -0.819. The van der Waals surface area contributed by atoms with Gasteiger partial charge in [0.05, 0.1) is 12.0 Å². The topological polar surface area (TPSA) is 66.8 Å². The maximum atomic E-state index is 13.4. The molecule has 2 N–H and O–H groups in total. The van der Waals surface area contributed by atoms with Crippen LogP contribution in [0.15, 0.2) is 18.2 Å². The molecule has 0 amide bonds. The Balaban J connectivity index is 2.86. The standard InChI is InChI=1S/C12H15FO4/c1-12(2,11(15)16)7-17-10-8(6-14)4-3-5-9(10)13/h3-5,14H,6-7H2,1-2H3,(H,15,16). The fraction of sp³-hybridized carbons (Fsp3) is 0.417. The summed E-state index contributed by atoms with van der Waals surface area (Å²) in [5.74, 6) is -1.73. The molecule has 0 aliphatic heterocycles. The molecule has 1 aromatic rings. The second-order valence-corrected chi connectivity index (χ2v) is 4.36. The SMILES string of the molecule is CC(C)(COc1c(F)cccc1CO)C(=O)O. The molecule has 94 valence electrons. The number of aliphatic hydroxyl groups excluding tert-OH is 1. The third-order valence-electron chi connectivity index (χ3n) is 2.38. The highest BCUT2D eigenvalue weighted by Crippen LogP contribution is 2.25. The molecule has 0 atom stereocenters. The minimum absolute atomic E-state index is 0.0932. The number of carbonyl (C=O) groups is 1. The molecule has 0 aliphatic rings. The van der Waals surface area contributed by atoms with Gasteiger partial charge in [0.25, 0.3) is 0 Å². The molecule has 0 spiro atoms. The summed E-state index contributed by atoms with van der Waals surface area (Å²) in [4.78, 5) is 10.9. The van der Waals surface area contributed by atoms with Crippen LogP contribution in [0.4, 0.5) is 4.39 Å². The molecule has 0 radical (unpaired) electrons. The lowest BCUT2D eigenvalue weighted by Crippen LogP contribution is -2.31. The van der Waals surface area contributed by atoms with Gasteiger partial charge in [-0.2, -0.15) is 0 Å². The van der Waals surface area contributed by atoms with Gasteiger partial charge >= 0.3 is 5.97 Å². The highest BCUT2D eigenvalue weighted by molar-refractivity contribution is 5.73. The van der Waals surface area contributed by atoms with Gasteiger partial charge in [-0.25, -0.2) is 4.39 Å². The number of aliphatic hydroxyl groups is 1. The van der Waals surface area contributed by atoms with Crippen LogP contribution in [0.1, 0.15) is 19.4 Å². The summed E-state index contributed by atoms with van der Waals surface area (Å²) in [6.45, 7) is 2.43. The van der Waals surface area contributed by atoms with Crippen LogP contribution >= 0.6 is 0 Å². The third-order valence-corrected chi connectivity index (χ3v) is 2.38. The average Bonchev–Trinajstić information content (AvgIpc) is 2.26. The van der Waals surface area contributed by atoms with Gasteiger partial charge in [-0.3, -0.25) is 4.79 Å². The second-order valence-electron chi connectivity index (χ2n) is 4.36. The van der Waals surface area contributed by atoms with E-state index in [0.29, 0.717) is 5.56 Å². The van der Waals surface area contributed by atoms with Crippen LogP contribution < -0.4 is 4.74 Å². The number of para-hydroxylation sites is 1. The Hall–Kier alpha value is -1.62. The van der Waals surface area contributed by atoms with Crippen molar-refractivity contribution in [1.29, 1.82) is 0 Å². The van der Waals surface area contributed by atoms with Crippen molar-refractivity contribution in [3.63, 3.8) is 0 Å². The van der Waals surface area contributed by atoms with Gasteiger partial charge in [-0.05, 0) is 19.9 Å². The Morgan fingerprint density at radius 2 is 2.12 bits per heavy atom. The fourth-order valence-corrected chi connectivity index (χ4v) is 1.15. The van der Waals surface area contributed by atoms with E-state index in [-0.39, 0.29) is 19.0 Å². The first-order valence-corrected chi connectivity index (χ1v) is 5.13. The summed E-state index contributed by atoms with van der Waals surface area (Å²) < 4.78 is 18.6. The number of carboxylic acids is 1. The van der Waals surface area contributed by atoms with Crippen LogP contribution in [0, 0.1) is 11.2 Å². The van der Waals surface area contributed by atoms with Crippen molar-refractivity contribution in [1.82, 2.24) is 0 Å². The molecule has 4 nitrogen and oxygen atoms in total. The van der Waals surface area contributed by atoms with Crippen LogP contribution in [-0.4, -0.2) is 22.8 Å². The normalized spacial score (nSPS) is 11.3. The molecular formula is C12H15FO4. The number of rotatable bonds is 5. The van der Waals surface area contributed by atoms with E-state index in [1.165, 1.54) is 32.0 Å². The highest BCUT2D eigenvalue weighted by atomic mass is 19.1. The van der Waals surface area contributed by atoms with E-state index in [4.69, 9.17) is 14.9 Å². The van der Waals surface area contributed by atoms with Gasteiger partial charge in [0.2, 0.25) is 0 Å². The fourth-order valence-electron chi connectivity index (χ4n) is 1.15. The maximum absolute atomic E-state index is 13.4. The van der Waals surface area contributed by atoms with E-state index in [2.05, 4.69) is 0 Å². The zero-order chi connectivity index (χ0) is 13.1. The number of hydrogen-bond acceptors (Lipinski definition) is 3. The molecule has 0 saturated carbocycles. The van der Waals surface area contributed by atoms with Gasteiger partial charge in [0.15, 0.2) is 11.6 Å². The molecule has 5 heteroatoms. The smallest absolute Gasteiger partial charge is 0.312 e. The summed E-state index contributed by atoms with van der Waals surface area (Å²) in [5, 5.41) is 17.9. The maximum Gasteiger partial charge on any atom is 0.312 e. The Kier molecular flexibility index (Phi) is 4.07. The van der Waals surface area contributed by atoms with Gasteiger partial charge in [0, 0.05) is 5.56 Å². The Bertz CT molecular complexity index is 415. The van der Waals surface area contributed by atoms with Crippen molar-refractivity contribution in [2.45, 2.75) is 20.5 Å². The molecule has 0 saturated heterocycles. The van der Waals surface area contributed by atoms with Crippen molar-refractivity contribution in [3.8, 4) is 5.75 Å². The number of carboxylic acid groups (broad SMARTS) is 1. The number of aliphatic carboxylic acids is 1. The van der Waals surface area contributed by atoms with E-state index >= 15 is 0 Å². The van der Waals surface area contributed by atoms with Gasteiger partial charge in [-0.1, -0.05) is 12.1 Å². The molecular weight excluding hydrogens is 227 g/mol. The van der Waals surface area contributed by atoms with Crippen molar-refractivity contribution < 1.29 is 24.1 Å². The zero-order valence-corrected chi connectivity index (χ0v) is 9.74. The number of ether oxygens (including phenoxy) is 1. The Labute approximate surface area is 98.7 Å². The van der Waals surface area contributed by atoms with Gasteiger partial charge < -0.3 is 14.9 Å². The molecule has 17 heavy (non-hydrogen) atoms. The van der Waals surface area contributed by atoms with E-state index in [9.17, 15) is 9.18 Å². The van der Waals surface area contributed by atoms with E-state index in [0.717, 1.165) is 0 Å². The van der Waals surface area contributed by atoms with Gasteiger partial charge in [0.1, 0.15) is 6.61 Å². The average molecular weight is 242 g/mol. The van der Waals surface area contributed by atoms with Crippen molar-refractivity contribution >= 4 is 5.97 Å². The first kappa shape index (κ1) is 13.4. The number of halogens is 1. The predicted octanol–water partition coefficient (Wildman–Crippen LogP) is 1.81. The summed E-state index contributed by atoms with van der Waals surface area (Å²) in [6, 6.07) is 4.17. The lowest BCUT2D eigenvalue weighted by molar-refractivity contribution is -0.148. The second kappa shape index (κ2) is 5.14. The third kappa shape index (κ3) is 3.17. The minimum atomic E-state index is -1.12. The molecule has 0 aliphatic carbocycles. The minimum Gasteiger partial charge on any atom is -0.489 e. The molecule has 1 rings (SSSR count). The van der Waals surface area contributed by atoms with E-state index < -0.39 is 17.2 Å². The monoisotopic (exact) mass is 242 g/mol. The van der Waals surface area contributed by atoms with Crippen molar-refractivity contribution in [3.05, 3.63) is 29.6 Å². The quantitative estimate of drug-likeness (QED) is 0.826. The Morgan fingerprint density at radius 3 is 2.65 bits per heavy atom. The van der Waals surface area contributed by atoms with Crippen LogP contribution in [0.2, 0.25) is 0 Å².